The Kier molecular flexibility index (Phi) is 7.95. The molecule has 38 heavy (non-hydrogen) atoms. The zero-order valence-corrected chi connectivity index (χ0v) is 21.4. The number of nitrogens with one attached hydrogen (secondary N) is 1. The predicted octanol–water partition coefficient (Wildman–Crippen LogP) is 4.82. The van der Waals surface area contributed by atoms with Gasteiger partial charge in [-0.1, -0.05) is 0 Å². The number of alkyl halides is 3. The number of aliphatic carboxylic acids is 1. The molecule has 3 N–H and O–H groups in total. The van der Waals surface area contributed by atoms with Crippen LogP contribution in [0.3, 0.4) is 0 Å². The number of halogens is 4. The molecule has 0 atom stereocenters. The summed E-state index contributed by atoms with van der Waals surface area (Å²) in [5.41, 5.74) is -2.61. The molecule has 14 heteroatoms. The summed E-state index contributed by atoms with van der Waals surface area (Å²) in [4.78, 5) is 19.4. The lowest BCUT2D eigenvalue weighted by Crippen LogP contribution is -2.32. The molecular weight excluding hydrogens is 528 g/mol. The highest BCUT2D eigenvalue weighted by Crippen LogP contribution is 2.37. The molecule has 2 aromatic heterocycles. The van der Waals surface area contributed by atoms with Gasteiger partial charge < -0.3 is 15.5 Å². The smallest absolute Gasteiger partial charge is 0.419 e. The fourth-order valence-corrected chi connectivity index (χ4v) is 4.93. The summed E-state index contributed by atoms with van der Waals surface area (Å²) in [7, 11) is 0. The number of carboxylic acids is 1. The fraction of sp³-hybridized carbons (Fsp3) is 0.417. The van der Waals surface area contributed by atoms with Gasteiger partial charge in [0.05, 0.1) is 35.6 Å². The normalized spacial score (nSPS) is 15.6. The third-order valence-corrected chi connectivity index (χ3v) is 6.86. The average Bonchev–Trinajstić information content (AvgIpc) is 3.27. The van der Waals surface area contributed by atoms with E-state index in [0.717, 1.165) is 0 Å². The third-order valence-electron chi connectivity index (χ3n) is 5.77. The molecule has 1 aliphatic rings. The monoisotopic (exact) mass is 554 g/mol. The highest BCUT2D eigenvalue weighted by Gasteiger charge is 2.36. The lowest BCUT2D eigenvalue weighted by atomic mass is 9.99. The predicted molar refractivity (Wildman–Crippen MR) is 132 cm³/mol. The van der Waals surface area contributed by atoms with Crippen molar-refractivity contribution >= 4 is 29.6 Å². The van der Waals surface area contributed by atoms with Crippen molar-refractivity contribution in [1.82, 2.24) is 24.1 Å². The van der Waals surface area contributed by atoms with Crippen LogP contribution in [0.25, 0.3) is 11.3 Å². The third kappa shape index (κ3) is 6.99. The first-order valence-corrected chi connectivity index (χ1v) is 12.5. The van der Waals surface area contributed by atoms with Crippen LogP contribution in [0.1, 0.15) is 32.3 Å². The van der Waals surface area contributed by atoms with Gasteiger partial charge in [-0.25, -0.2) is 18.7 Å². The van der Waals surface area contributed by atoms with Crippen LogP contribution in [0.2, 0.25) is 0 Å². The number of aromatic nitrogens is 4. The molecule has 1 fully saturated rings. The van der Waals surface area contributed by atoms with Crippen molar-refractivity contribution in [2.75, 3.05) is 18.4 Å². The summed E-state index contributed by atoms with van der Waals surface area (Å²) >= 11 is 1.31. The second kappa shape index (κ2) is 10.9. The fourth-order valence-electron chi connectivity index (χ4n) is 3.96. The summed E-state index contributed by atoms with van der Waals surface area (Å²) in [6.45, 7) is 4.25. The minimum absolute atomic E-state index is 0.0256. The van der Waals surface area contributed by atoms with Gasteiger partial charge in [-0.15, -0.1) is 0 Å². The van der Waals surface area contributed by atoms with E-state index in [1.54, 1.807) is 19.9 Å². The number of carboxylic acid groups (broad SMARTS) is 1. The van der Waals surface area contributed by atoms with E-state index in [-0.39, 0.29) is 29.7 Å². The number of nitrogens with zero attached hydrogens (tertiary/aromatic N) is 5. The molecule has 0 spiro atoms. The van der Waals surface area contributed by atoms with Gasteiger partial charge >= 0.3 is 12.1 Å². The Labute approximate surface area is 220 Å². The van der Waals surface area contributed by atoms with E-state index < -0.39 is 34.8 Å². The highest BCUT2D eigenvalue weighted by atomic mass is 32.2. The Bertz CT molecular complexity index is 1300. The van der Waals surface area contributed by atoms with Gasteiger partial charge in [0.1, 0.15) is 11.4 Å². The molecule has 0 bridgehead atoms. The van der Waals surface area contributed by atoms with E-state index in [2.05, 4.69) is 20.4 Å². The molecule has 0 radical (unpaired) electrons. The molecule has 1 saturated heterocycles. The topological polar surface area (TPSA) is 116 Å². The van der Waals surface area contributed by atoms with Crippen molar-refractivity contribution in [2.45, 2.75) is 49.9 Å². The van der Waals surface area contributed by atoms with Crippen molar-refractivity contribution in [3.05, 3.63) is 48.2 Å². The average molecular weight is 555 g/mol. The van der Waals surface area contributed by atoms with Gasteiger partial charge in [0.15, 0.2) is 0 Å². The van der Waals surface area contributed by atoms with Crippen LogP contribution in [0.4, 0.5) is 29.2 Å². The van der Waals surface area contributed by atoms with Crippen LogP contribution in [0.5, 0.6) is 0 Å². The first-order chi connectivity index (χ1) is 17.8. The maximum absolute atomic E-state index is 14.9. The molecule has 9 nitrogen and oxygen atoms in total. The van der Waals surface area contributed by atoms with E-state index in [1.807, 2.05) is 4.31 Å². The second-order valence-corrected chi connectivity index (χ2v) is 10.8. The lowest BCUT2D eigenvalue weighted by Gasteiger charge is -2.28. The van der Waals surface area contributed by atoms with Crippen LogP contribution < -0.4 is 5.32 Å². The van der Waals surface area contributed by atoms with E-state index in [1.165, 1.54) is 41.2 Å². The molecule has 3 heterocycles. The number of carbonyl (C=O) groups is 1. The second-order valence-electron chi connectivity index (χ2n) is 9.59. The van der Waals surface area contributed by atoms with Gasteiger partial charge in [0.25, 0.3) is 0 Å². The Morgan fingerprint density at radius 2 is 1.92 bits per heavy atom. The maximum atomic E-state index is 14.9. The largest absolute Gasteiger partial charge is 0.481 e. The molecule has 0 amide bonds. The molecular formula is C24H26F4N6O3S. The summed E-state index contributed by atoms with van der Waals surface area (Å²) in [6.07, 6.45) is -0.552. The van der Waals surface area contributed by atoms with Crippen LogP contribution in [-0.2, 0) is 17.5 Å². The number of anilines is 2. The number of hydrogen-bond acceptors (Lipinski definition) is 8. The molecule has 1 aromatic carbocycles. The summed E-state index contributed by atoms with van der Waals surface area (Å²) in [6, 6.07) is 4.36. The number of aliphatic hydroxyl groups is 1. The van der Waals surface area contributed by atoms with E-state index in [9.17, 15) is 27.5 Å². The summed E-state index contributed by atoms with van der Waals surface area (Å²) in [5.74, 6) is -2.08. The number of hydrogen-bond donors (Lipinski definition) is 3. The van der Waals surface area contributed by atoms with Crippen LogP contribution in [0.15, 0.2) is 41.7 Å². The van der Waals surface area contributed by atoms with Crippen LogP contribution in [0, 0.1) is 11.7 Å². The molecule has 3 aromatic rings. The standard InChI is InChI=1S/C24H26F4N6O3S/c1-23(2,37)13-33-12-15(10-30-33)20-17(24(26,27)28)11-29-22(32-20)31-19-4-3-16(9-18(19)25)38-34-7-5-14(6-8-34)21(35)36/h3-4,9-12,14,37H,5-8,13H2,1-2H3,(H,35,36)(H,29,31,32). The number of benzene rings is 1. The summed E-state index contributed by atoms with van der Waals surface area (Å²) < 4.78 is 59.1. The summed E-state index contributed by atoms with van der Waals surface area (Å²) in [5, 5.41) is 25.7. The highest BCUT2D eigenvalue weighted by molar-refractivity contribution is 7.97. The molecule has 204 valence electrons. The van der Waals surface area contributed by atoms with E-state index >= 15 is 0 Å². The molecule has 0 saturated carbocycles. The van der Waals surface area contributed by atoms with Crippen LogP contribution in [-0.4, -0.2) is 58.9 Å². The SMILES string of the molecule is CC(C)(O)Cn1cc(-c2nc(Nc3ccc(SN4CCC(C(=O)O)CC4)cc3F)ncc2C(F)(F)F)cn1. The first kappa shape index (κ1) is 27.8. The van der Waals surface area contributed by atoms with E-state index in [0.29, 0.717) is 37.0 Å². The van der Waals surface area contributed by atoms with Crippen molar-refractivity contribution in [3.63, 3.8) is 0 Å². The molecule has 4 rings (SSSR count). The van der Waals surface area contributed by atoms with Gasteiger partial charge in [-0.3, -0.25) is 9.48 Å². The van der Waals surface area contributed by atoms with Gasteiger partial charge in [-0.05, 0) is 56.8 Å². The van der Waals surface area contributed by atoms with Gasteiger partial charge in [-0.2, -0.15) is 18.3 Å². The quantitative estimate of drug-likeness (QED) is 0.266. The van der Waals surface area contributed by atoms with Crippen molar-refractivity contribution in [2.24, 2.45) is 5.92 Å². The van der Waals surface area contributed by atoms with Crippen molar-refractivity contribution in [3.8, 4) is 11.3 Å². The van der Waals surface area contributed by atoms with Gasteiger partial charge in [0.2, 0.25) is 5.95 Å². The first-order valence-electron chi connectivity index (χ1n) is 11.7. The van der Waals surface area contributed by atoms with Crippen molar-refractivity contribution in [1.29, 1.82) is 0 Å². The maximum Gasteiger partial charge on any atom is 0.419 e. The Morgan fingerprint density at radius 1 is 1.21 bits per heavy atom. The van der Waals surface area contributed by atoms with E-state index in [4.69, 9.17) is 5.11 Å². The van der Waals surface area contributed by atoms with Crippen molar-refractivity contribution < 1.29 is 32.6 Å². The molecule has 0 unspecified atom stereocenters. The zero-order chi connectivity index (χ0) is 27.7. The minimum atomic E-state index is -4.74. The number of rotatable bonds is 8. The molecule has 1 aliphatic heterocycles. The Balaban J connectivity index is 1.52. The Hall–Kier alpha value is -3.23. The van der Waals surface area contributed by atoms with Gasteiger partial charge in [0, 0.05) is 35.9 Å². The lowest BCUT2D eigenvalue weighted by molar-refractivity contribution is -0.143. The molecule has 0 aliphatic carbocycles. The minimum Gasteiger partial charge on any atom is -0.481 e. The zero-order valence-electron chi connectivity index (χ0n) is 20.5. The number of piperidine rings is 1. The Morgan fingerprint density at radius 3 is 2.53 bits per heavy atom. The van der Waals surface area contributed by atoms with Crippen LogP contribution >= 0.6 is 11.9 Å².